The number of ether oxygens (including phenoxy) is 1. The Kier molecular flexibility index (Phi) is 10.3. The number of benzene rings is 1. The lowest BCUT2D eigenvalue weighted by atomic mass is 10.1. The SMILES string of the molecule is CCNC(=NCC(O)c1cc(Cl)cc(Cl)c1)NCC1CCCO1.I. The molecular formula is C16H24Cl2IN3O2. The molecule has 1 aromatic rings. The van der Waals surface area contributed by atoms with Crippen molar-refractivity contribution in [2.75, 3.05) is 26.2 Å². The smallest absolute Gasteiger partial charge is 0.191 e. The maximum absolute atomic E-state index is 10.3. The minimum absolute atomic E-state index is 0. The largest absolute Gasteiger partial charge is 0.386 e. The van der Waals surface area contributed by atoms with Crippen LogP contribution < -0.4 is 10.6 Å². The molecule has 1 aromatic carbocycles. The fourth-order valence-electron chi connectivity index (χ4n) is 2.41. The van der Waals surface area contributed by atoms with Gasteiger partial charge in [-0.05, 0) is 43.5 Å². The molecule has 0 aliphatic carbocycles. The summed E-state index contributed by atoms with van der Waals surface area (Å²) >= 11 is 11.9. The number of aliphatic imine (C=N–C) groups is 1. The highest BCUT2D eigenvalue weighted by atomic mass is 127. The summed E-state index contributed by atoms with van der Waals surface area (Å²) in [6, 6.07) is 5.02. The summed E-state index contributed by atoms with van der Waals surface area (Å²) in [5.41, 5.74) is 0.654. The Morgan fingerprint density at radius 1 is 1.33 bits per heavy atom. The molecule has 0 radical (unpaired) electrons. The molecule has 2 unspecified atom stereocenters. The van der Waals surface area contributed by atoms with Crippen LogP contribution in [0.4, 0.5) is 0 Å². The monoisotopic (exact) mass is 487 g/mol. The second kappa shape index (κ2) is 11.4. The zero-order chi connectivity index (χ0) is 16.7. The number of nitrogens with one attached hydrogen (secondary N) is 2. The van der Waals surface area contributed by atoms with Crippen LogP contribution in [0.25, 0.3) is 0 Å². The lowest BCUT2D eigenvalue weighted by Gasteiger charge is -2.16. The van der Waals surface area contributed by atoms with Crippen LogP contribution in [0, 0.1) is 0 Å². The second-order valence-electron chi connectivity index (χ2n) is 5.45. The predicted octanol–water partition coefficient (Wildman–Crippen LogP) is 3.38. The normalized spacial score (nSPS) is 18.8. The third kappa shape index (κ3) is 7.31. The van der Waals surface area contributed by atoms with Crippen LogP contribution in [0.3, 0.4) is 0 Å². The van der Waals surface area contributed by atoms with Gasteiger partial charge in [0.15, 0.2) is 5.96 Å². The van der Waals surface area contributed by atoms with Gasteiger partial charge >= 0.3 is 0 Å². The number of nitrogens with zero attached hydrogens (tertiary/aromatic N) is 1. The topological polar surface area (TPSA) is 65.9 Å². The summed E-state index contributed by atoms with van der Waals surface area (Å²) in [4.78, 5) is 4.41. The van der Waals surface area contributed by atoms with Crippen LogP contribution in [0.1, 0.15) is 31.4 Å². The molecule has 8 heteroatoms. The number of halogens is 3. The van der Waals surface area contributed by atoms with Crippen LogP contribution >= 0.6 is 47.2 Å². The van der Waals surface area contributed by atoms with Crippen molar-refractivity contribution in [1.82, 2.24) is 10.6 Å². The van der Waals surface area contributed by atoms with Gasteiger partial charge in [-0.25, -0.2) is 0 Å². The summed E-state index contributed by atoms with van der Waals surface area (Å²) in [5.74, 6) is 0.662. The van der Waals surface area contributed by atoms with Gasteiger partial charge in [-0.1, -0.05) is 23.2 Å². The van der Waals surface area contributed by atoms with Crippen molar-refractivity contribution in [2.24, 2.45) is 4.99 Å². The highest BCUT2D eigenvalue weighted by molar-refractivity contribution is 14.0. The molecule has 0 amide bonds. The number of hydrogen-bond acceptors (Lipinski definition) is 3. The molecule has 1 fully saturated rings. The van der Waals surface area contributed by atoms with E-state index in [1.54, 1.807) is 18.2 Å². The third-order valence-electron chi connectivity index (χ3n) is 3.56. The van der Waals surface area contributed by atoms with Crippen molar-refractivity contribution in [3.05, 3.63) is 33.8 Å². The van der Waals surface area contributed by atoms with Crippen LogP contribution in [-0.2, 0) is 4.74 Å². The molecule has 2 atom stereocenters. The van der Waals surface area contributed by atoms with E-state index in [1.807, 2.05) is 6.92 Å². The molecule has 136 valence electrons. The van der Waals surface area contributed by atoms with E-state index in [0.29, 0.717) is 28.1 Å². The van der Waals surface area contributed by atoms with Crippen molar-refractivity contribution >= 4 is 53.1 Å². The van der Waals surface area contributed by atoms with Crippen molar-refractivity contribution < 1.29 is 9.84 Å². The van der Waals surface area contributed by atoms with E-state index in [2.05, 4.69) is 15.6 Å². The minimum atomic E-state index is -0.760. The Balaban J connectivity index is 0.00000288. The maximum Gasteiger partial charge on any atom is 0.191 e. The molecule has 0 saturated carbocycles. The Bertz CT molecular complexity index is 520. The van der Waals surface area contributed by atoms with Crippen molar-refractivity contribution in [3.8, 4) is 0 Å². The first-order valence-electron chi connectivity index (χ1n) is 7.86. The number of aliphatic hydroxyl groups is 1. The molecule has 0 bridgehead atoms. The van der Waals surface area contributed by atoms with Gasteiger partial charge in [0.2, 0.25) is 0 Å². The first-order chi connectivity index (χ1) is 11.1. The molecule has 3 N–H and O–H groups in total. The van der Waals surface area contributed by atoms with Crippen molar-refractivity contribution in [2.45, 2.75) is 32.0 Å². The van der Waals surface area contributed by atoms with Crippen LogP contribution in [0.5, 0.6) is 0 Å². The predicted molar refractivity (Wildman–Crippen MR) is 110 cm³/mol. The highest BCUT2D eigenvalue weighted by Gasteiger charge is 2.16. The Morgan fingerprint density at radius 2 is 2.04 bits per heavy atom. The fourth-order valence-corrected chi connectivity index (χ4v) is 2.95. The first-order valence-corrected chi connectivity index (χ1v) is 8.62. The standard InChI is InChI=1S/C16H23Cl2N3O2.HI/c1-2-19-16(20-9-14-4-3-5-23-14)21-10-15(22)11-6-12(17)8-13(18)7-11;/h6-8,14-15,22H,2-5,9-10H2,1H3,(H2,19,20,21);1H. The summed E-state index contributed by atoms with van der Waals surface area (Å²) < 4.78 is 5.58. The summed E-state index contributed by atoms with van der Waals surface area (Å²) in [6.45, 7) is 4.50. The molecule has 24 heavy (non-hydrogen) atoms. The van der Waals surface area contributed by atoms with Gasteiger partial charge in [-0.2, -0.15) is 0 Å². The molecule has 1 heterocycles. The quantitative estimate of drug-likeness (QED) is 0.327. The van der Waals surface area contributed by atoms with E-state index in [4.69, 9.17) is 27.9 Å². The van der Waals surface area contributed by atoms with Crippen LogP contribution in [0.15, 0.2) is 23.2 Å². The van der Waals surface area contributed by atoms with Gasteiger partial charge in [0.1, 0.15) is 0 Å². The molecular weight excluding hydrogens is 464 g/mol. The molecule has 1 aliphatic rings. The van der Waals surface area contributed by atoms with Crippen LogP contribution in [-0.4, -0.2) is 43.4 Å². The van der Waals surface area contributed by atoms with E-state index in [1.165, 1.54) is 0 Å². The summed E-state index contributed by atoms with van der Waals surface area (Å²) in [5, 5.41) is 17.7. The fraction of sp³-hybridized carbons (Fsp3) is 0.562. The zero-order valence-electron chi connectivity index (χ0n) is 13.6. The first kappa shape index (κ1) is 21.8. The highest BCUT2D eigenvalue weighted by Crippen LogP contribution is 2.23. The molecule has 0 spiro atoms. The van der Waals surface area contributed by atoms with E-state index in [9.17, 15) is 5.11 Å². The van der Waals surface area contributed by atoms with E-state index < -0.39 is 6.10 Å². The van der Waals surface area contributed by atoms with Gasteiger partial charge < -0.3 is 20.5 Å². The van der Waals surface area contributed by atoms with Gasteiger partial charge in [-0.15, -0.1) is 24.0 Å². The van der Waals surface area contributed by atoms with Gasteiger partial charge in [0, 0.05) is 29.7 Å². The molecule has 5 nitrogen and oxygen atoms in total. The Morgan fingerprint density at radius 3 is 2.62 bits per heavy atom. The number of rotatable bonds is 6. The average Bonchev–Trinajstić information content (AvgIpc) is 3.02. The van der Waals surface area contributed by atoms with E-state index in [-0.39, 0.29) is 36.6 Å². The van der Waals surface area contributed by atoms with Gasteiger partial charge in [0.25, 0.3) is 0 Å². The second-order valence-corrected chi connectivity index (χ2v) is 6.33. The number of guanidine groups is 1. The Hall–Kier alpha value is -0.280. The summed E-state index contributed by atoms with van der Waals surface area (Å²) in [6.07, 6.45) is 1.64. The van der Waals surface area contributed by atoms with E-state index >= 15 is 0 Å². The Labute approximate surface area is 170 Å². The average molecular weight is 488 g/mol. The lowest BCUT2D eigenvalue weighted by Crippen LogP contribution is -2.41. The van der Waals surface area contributed by atoms with Gasteiger partial charge in [0.05, 0.1) is 18.8 Å². The van der Waals surface area contributed by atoms with Crippen molar-refractivity contribution in [3.63, 3.8) is 0 Å². The number of aliphatic hydroxyl groups excluding tert-OH is 1. The van der Waals surface area contributed by atoms with Crippen LogP contribution in [0.2, 0.25) is 10.0 Å². The zero-order valence-corrected chi connectivity index (χ0v) is 17.4. The molecule has 1 saturated heterocycles. The minimum Gasteiger partial charge on any atom is -0.386 e. The van der Waals surface area contributed by atoms with Gasteiger partial charge in [-0.3, -0.25) is 4.99 Å². The maximum atomic E-state index is 10.3. The third-order valence-corrected chi connectivity index (χ3v) is 3.99. The van der Waals surface area contributed by atoms with E-state index in [0.717, 1.165) is 26.0 Å². The summed E-state index contributed by atoms with van der Waals surface area (Å²) in [7, 11) is 0. The molecule has 2 rings (SSSR count). The lowest BCUT2D eigenvalue weighted by molar-refractivity contribution is 0.113. The number of hydrogen-bond donors (Lipinski definition) is 3. The van der Waals surface area contributed by atoms with Crippen molar-refractivity contribution in [1.29, 1.82) is 0 Å². The molecule has 1 aliphatic heterocycles. The molecule has 0 aromatic heterocycles.